The Hall–Kier alpha value is -7.56. The molecule has 0 bridgehead atoms. The van der Waals surface area contributed by atoms with Crippen LogP contribution in [0.4, 0.5) is 0 Å². The van der Waals surface area contributed by atoms with Gasteiger partial charge in [0.2, 0.25) is 0 Å². The third-order valence-corrected chi connectivity index (χ3v) is 13.3. The maximum Gasteiger partial charge on any atom is 0.162 e. The summed E-state index contributed by atoms with van der Waals surface area (Å²) in [5.41, 5.74) is 17.0. The molecule has 4 nitrogen and oxygen atoms in total. The van der Waals surface area contributed by atoms with Crippen molar-refractivity contribution < 1.29 is 4.42 Å². The summed E-state index contributed by atoms with van der Waals surface area (Å²) in [5, 5.41) is 4.50. The fourth-order valence-corrected chi connectivity index (χ4v) is 10.8. The SMILES string of the molecule is CCC1C=C(c2ccccc2)N=C(c2cccc3oc4ccccc4c23)N=C1n1c2ccccc2c2cc3c(cc21)-c1ccccc1C31c2ccccc2-c2ccccc21. The highest BCUT2D eigenvalue weighted by Crippen LogP contribution is 2.63. The quantitative estimate of drug-likeness (QED) is 0.177. The molecule has 8 aromatic carbocycles. The zero-order valence-electron chi connectivity index (χ0n) is 32.9. The zero-order valence-corrected chi connectivity index (χ0v) is 32.9. The van der Waals surface area contributed by atoms with Gasteiger partial charge in [-0.15, -0.1) is 0 Å². The van der Waals surface area contributed by atoms with Gasteiger partial charge in [0, 0.05) is 33.0 Å². The maximum atomic E-state index is 6.42. The summed E-state index contributed by atoms with van der Waals surface area (Å²) in [4.78, 5) is 11.2. The Morgan fingerprint density at radius 3 is 1.83 bits per heavy atom. The number of allylic oxidation sites excluding steroid dienone is 1. The first-order valence-electron chi connectivity index (χ1n) is 20.9. The average Bonchev–Trinajstić information content (AvgIpc) is 3.98. The standard InChI is InChI=1S/C56H37N3O/c1-2-34-31-48(35-17-4-3-5-18-35)57-54(41-24-16-30-52-53(41)40-23-10-15-29-51(40)60-52)58-55(34)59-49-28-14-9-22-39(49)43-32-47-42(33-50(43)59)38-21-8-13-27-46(38)56(47)44-25-11-6-19-36(44)37-20-7-12-26-45(37)56/h3-34H,2H2,1H3. The molecule has 3 aliphatic rings. The summed E-state index contributed by atoms with van der Waals surface area (Å²) < 4.78 is 8.86. The zero-order chi connectivity index (χ0) is 39.5. The van der Waals surface area contributed by atoms with Gasteiger partial charge in [0.05, 0.1) is 22.1 Å². The first-order valence-corrected chi connectivity index (χ1v) is 20.9. The highest BCUT2D eigenvalue weighted by atomic mass is 16.3. The molecule has 1 spiro atoms. The number of nitrogens with zero attached hydrogens (tertiary/aromatic N) is 3. The summed E-state index contributed by atoms with van der Waals surface area (Å²) in [5.74, 6) is 1.58. The van der Waals surface area contributed by atoms with Crippen LogP contribution in [0, 0.1) is 5.92 Å². The van der Waals surface area contributed by atoms with Gasteiger partial charge in [-0.1, -0.05) is 159 Å². The van der Waals surface area contributed by atoms with E-state index in [0.717, 1.165) is 62.1 Å². The lowest BCUT2D eigenvalue weighted by molar-refractivity contribution is 0.669. The second-order valence-corrected chi connectivity index (χ2v) is 16.3. The van der Waals surface area contributed by atoms with Crippen molar-refractivity contribution in [2.45, 2.75) is 18.8 Å². The fraction of sp³-hybridized carbons (Fsp3) is 0.0714. The van der Waals surface area contributed by atoms with E-state index in [2.05, 4.69) is 181 Å². The van der Waals surface area contributed by atoms with Crippen molar-refractivity contribution in [1.82, 2.24) is 4.57 Å². The smallest absolute Gasteiger partial charge is 0.162 e. The number of benzene rings is 8. The van der Waals surface area contributed by atoms with E-state index in [-0.39, 0.29) is 5.92 Å². The second-order valence-electron chi connectivity index (χ2n) is 16.3. The van der Waals surface area contributed by atoms with Crippen molar-refractivity contribution in [3.05, 3.63) is 221 Å². The molecule has 1 aliphatic heterocycles. The van der Waals surface area contributed by atoms with Crippen LogP contribution >= 0.6 is 0 Å². The van der Waals surface area contributed by atoms with Gasteiger partial charge in [0.1, 0.15) is 17.0 Å². The number of amidine groups is 1. The Bertz CT molecular complexity index is 3500. The predicted octanol–water partition coefficient (Wildman–Crippen LogP) is 13.8. The lowest BCUT2D eigenvalue weighted by atomic mass is 9.70. The van der Waals surface area contributed by atoms with Crippen LogP contribution in [0.25, 0.3) is 71.7 Å². The number of hydrogen-bond acceptors (Lipinski definition) is 3. The molecule has 0 amide bonds. The van der Waals surface area contributed by atoms with E-state index in [4.69, 9.17) is 14.4 Å². The molecule has 1 unspecified atom stereocenters. The van der Waals surface area contributed by atoms with Crippen molar-refractivity contribution in [2.24, 2.45) is 15.9 Å². The monoisotopic (exact) mass is 767 g/mol. The summed E-state index contributed by atoms with van der Waals surface area (Å²) in [6.45, 7) is 2.26. The third-order valence-electron chi connectivity index (χ3n) is 13.3. The van der Waals surface area contributed by atoms with Gasteiger partial charge >= 0.3 is 0 Å². The summed E-state index contributed by atoms with van der Waals surface area (Å²) in [7, 11) is 0. The molecule has 0 radical (unpaired) electrons. The molecule has 282 valence electrons. The van der Waals surface area contributed by atoms with Gasteiger partial charge in [-0.25, -0.2) is 9.98 Å². The number of fused-ring (bicyclic) bond motifs is 16. The molecule has 4 heteroatoms. The van der Waals surface area contributed by atoms with Gasteiger partial charge in [0.15, 0.2) is 5.84 Å². The topological polar surface area (TPSA) is 42.8 Å². The number of hydrogen-bond donors (Lipinski definition) is 0. The number of rotatable bonds is 3. The predicted molar refractivity (Wildman–Crippen MR) is 247 cm³/mol. The molecule has 0 saturated heterocycles. The minimum atomic E-state index is -0.429. The van der Waals surface area contributed by atoms with Crippen LogP contribution in [0.5, 0.6) is 0 Å². The molecule has 1 atom stereocenters. The molecule has 60 heavy (non-hydrogen) atoms. The van der Waals surface area contributed by atoms with Crippen LogP contribution in [0.3, 0.4) is 0 Å². The van der Waals surface area contributed by atoms with Crippen LogP contribution < -0.4 is 0 Å². The first kappa shape index (κ1) is 33.4. The fourth-order valence-electron chi connectivity index (χ4n) is 10.8. The maximum absolute atomic E-state index is 6.42. The highest BCUT2D eigenvalue weighted by Gasteiger charge is 2.51. The molecule has 2 aromatic heterocycles. The third kappa shape index (κ3) is 4.40. The molecular formula is C56H37N3O. The van der Waals surface area contributed by atoms with Crippen LogP contribution in [-0.2, 0) is 5.41 Å². The Balaban J connectivity index is 1.12. The molecule has 0 N–H and O–H groups in total. The normalized spacial score (nSPS) is 16.1. The van der Waals surface area contributed by atoms with E-state index >= 15 is 0 Å². The van der Waals surface area contributed by atoms with Gasteiger partial charge < -0.3 is 4.42 Å². The number of para-hydroxylation sites is 2. The minimum absolute atomic E-state index is 0.0405. The van der Waals surface area contributed by atoms with E-state index in [1.54, 1.807) is 0 Å². The molecule has 0 saturated carbocycles. The van der Waals surface area contributed by atoms with Gasteiger partial charge in [0.25, 0.3) is 0 Å². The average molecular weight is 768 g/mol. The van der Waals surface area contributed by atoms with E-state index in [1.165, 1.54) is 55.3 Å². The highest BCUT2D eigenvalue weighted by molar-refractivity contribution is 6.24. The minimum Gasteiger partial charge on any atom is -0.456 e. The molecule has 13 rings (SSSR count). The Morgan fingerprint density at radius 1 is 0.500 bits per heavy atom. The van der Waals surface area contributed by atoms with Gasteiger partial charge in [-0.3, -0.25) is 4.57 Å². The largest absolute Gasteiger partial charge is 0.456 e. The number of aromatic nitrogens is 1. The van der Waals surface area contributed by atoms with Gasteiger partial charge in [-0.2, -0.15) is 0 Å². The Labute approximate surface area is 347 Å². The molecule has 2 aliphatic carbocycles. The molecule has 3 heterocycles. The summed E-state index contributed by atoms with van der Waals surface area (Å²) in [6.07, 6.45) is 3.18. The van der Waals surface area contributed by atoms with Crippen LogP contribution in [0.2, 0.25) is 0 Å². The van der Waals surface area contributed by atoms with Crippen LogP contribution in [0.15, 0.2) is 202 Å². The summed E-state index contributed by atoms with van der Waals surface area (Å²) >= 11 is 0. The van der Waals surface area contributed by atoms with E-state index in [1.807, 2.05) is 18.2 Å². The Kier molecular flexibility index (Phi) is 6.95. The molecule has 0 fully saturated rings. The van der Waals surface area contributed by atoms with Crippen molar-refractivity contribution in [3.63, 3.8) is 0 Å². The molecular weight excluding hydrogens is 731 g/mol. The lowest BCUT2D eigenvalue weighted by Gasteiger charge is -2.30. The van der Waals surface area contributed by atoms with Crippen molar-refractivity contribution >= 4 is 61.1 Å². The van der Waals surface area contributed by atoms with E-state index < -0.39 is 5.41 Å². The van der Waals surface area contributed by atoms with Gasteiger partial charge in [-0.05, 0) is 92.9 Å². The van der Waals surface area contributed by atoms with Crippen LogP contribution in [0.1, 0.15) is 46.7 Å². The van der Waals surface area contributed by atoms with Crippen LogP contribution in [-0.4, -0.2) is 16.2 Å². The number of aliphatic imine (C=N–C) groups is 2. The van der Waals surface area contributed by atoms with E-state index in [0.29, 0.717) is 5.84 Å². The second kappa shape index (κ2) is 12.5. The number of furan rings is 1. The first-order chi connectivity index (χ1) is 29.7. The lowest BCUT2D eigenvalue weighted by Crippen LogP contribution is -2.25. The van der Waals surface area contributed by atoms with E-state index in [9.17, 15) is 0 Å². The Morgan fingerprint density at radius 2 is 1.10 bits per heavy atom. The molecule has 10 aromatic rings. The van der Waals surface area contributed by atoms with Crippen molar-refractivity contribution in [1.29, 1.82) is 0 Å². The van der Waals surface area contributed by atoms with Crippen molar-refractivity contribution in [3.8, 4) is 22.3 Å². The van der Waals surface area contributed by atoms with Crippen molar-refractivity contribution in [2.75, 3.05) is 0 Å². The summed E-state index contributed by atoms with van der Waals surface area (Å²) in [6, 6.07) is 66.0.